The Morgan fingerprint density at radius 2 is 2.11 bits per heavy atom. The first-order valence-corrected chi connectivity index (χ1v) is 7.46. The van der Waals surface area contributed by atoms with Crippen molar-refractivity contribution in [1.29, 1.82) is 0 Å². The maximum atomic E-state index is 5.41. The van der Waals surface area contributed by atoms with Crippen molar-refractivity contribution in [3.05, 3.63) is 4.77 Å². The predicted molar refractivity (Wildman–Crippen MR) is 77.6 cm³/mol. The van der Waals surface area contributed by atoms with Crippen LogP contribution in [0, 0.1) is 10.7 Å². The zero-order chi connectivity index (χ0) is 13.1. The molecule has 1 heterocycles. The Bertz CT molecular complexity index is 428. The number of aromatic nitrogens is 3. The van der Waals surface area contributed by atoms with Gasteiger partial charge >= 0.3 is 0 Å². The molecule has 1 fully saturated rings. The van der Waals surface area contributed by atoms with Gasteiger partial charge in [0.2, 0.25) is 5.95 Å². The van der Waals surface area contributed by atoms with Crippen LogP contribution in [0.15, 0.2) is 0 Å². The number of hydrogen-bond acceptors (Lipinski definition) is 3. The first-order valence-electron chi connectivity index (χ1n) is 7.05. The quantitative estimate of drug-likeness (QED) is 0.830. The molecule has 1 aromatic heterocycles. The van der Waals surface area contributed by atoms with E-state index in [0.717, 1.165) is 23.8 Å². The van der Waals surface area contributed by atoms with E-state index in [0.29, 0.717) is 12.0 Å². The molecule has 0 amide bonds. The summed E-state index contributed by atoms with van der Waals surface area (Å²) in [6.45, 7) is 8.67. The van der Waals surface area contributed by atoms with Crippen molar-refractivity contribution < 1.29 is 0 Å². The summed E-state index contributed by atoms with van der Waals surface area (Å²) >= 11 is 5.41. The Morgan fingerprint density at radius 3 is 2.67 bits per heavy atom. The lowest BCUT2D eigenvalue weighted by Crippen LogP contribution is -2.30. The van der Waals surface area contributed by atoms with Gasteiger partial charge in [-0.3, -0.25) is 4.57 Å². The van der Waals surface area contributed by atoms with Crippen molar-refractivity contribution >= 4 is 18.2 Å². The average Bonchev–Trinajstić information content (AvgIpc) is 2.94. The van der Waals surface area contributed by atoms with Gasteiger partial charge in [-0.25, -0.2) is 5.10 Å². The van der Waals surface area contributed by atoms with Crippen LogP contribution in [0.1, 0.15) is 52.5 Å². The fraction of sp³-hybridized carbons (Fsp3) is 0.846. The molecule has 0 aromatic carbocycles. The Kier molecular flexibility index (Phi) is 4.43. The second kappa shape index (κ2) is 5.87. The van der Waals surface area contributed by atoms with Gasteiger partial charge in [0, 0.05) is 19.1 Å². The minimum atomic E-state index is 0.549. The van der Waals surface area contributed by atoms with E-state index in [9.17, 15) is 0 Å². The van der Waals surface area contributed by atoms with Crippen LogP contribution in [0.5, 0.6) is 0 Å². The van der Waals surface area contributed by atoms with Crippen LogP contribution in [0.25, 0.3) is 0 Å². The van der Waals surface area contributed by atoms with Gasteiger partial charge < -0.3 is 4.90 Å². The summed E-state index contributed by atoms with van der Waals surface area (Å²) in [6.07, 6.45) is 5.10. The lowest BCUT2D eigenvalue weighted by Gasteiger charge is -2.26. The van der Waals surface area contributed by atoms with Crippen LogP contribution >= 0.6 is 12.2 Å². The molecule has 102 valence electrons. The minimum absolute atomic E-state index is 0.549. The van der Waals surface area contributed by atoms with Gasteiger partial charge in [-0.15, -0.1) is 5.10 Å². The normalized spacial score (nSPS) is 16.7. The molecule has 0 unspecified atom stereocenters. The lowest BCUT2D eigenvalue weighted by atomic mass is 10.2. The molecule has 0 spiro atoms. The summed E-state index contributed by atoms with van der Waals surface area (Å²) in [7, 11) is 0. The van der Waals surface area contributed by atoms with Gasteiger partial charge in [0.25, 0.3) is 0 Å². The molecule has 1 aliphatic rings. The van der Waals surface area contributed by atoms with E-state index < -0.39 is 0 Å². The number of nitrogens with zero attached hydrogens (tertiary/aromatic N) is 3. The largest absolute Gasteiger partial charge is 0.341 e. The Morgan fingerprint density at radius 1 is 1.44 bits per heavy atom. The molecule has 0 aliphatic heterocycles. The number of aromatic amines is 1. The average molecular weight is 268 g/mol. The first-order chi connectivity index (χ1) is 8.63. The monoisotopic (exact) mass is 268 g/mol. The highest BCUT2D eigenvalue weighted by atomic mass is 32.1. The lowest BCUT2D eigenvalue weighted by molar-refractivity contribution is 0.499. The van der Waals surface area contributed by atoms with Gasteiger partial charge in [-0.1, -0.05) is 26.7 Å². The number of H-pyrrole nitrogens is 1. The zero-order valence-electron chi connectivity index (χ0n) is 11.6. The molecule has 0 radical (unpaired) electrons. The maximum absolute atomic E-state index is 5.41. The smallest absolute Gasteiger partial charge is 0.225 e. The molecular weight excluding hydrogens is 244 g/mol. The molecule has 1 saturated carbocycles. The SMILES string of the molecule is CCN(CC(C)C)c1n[nH]c(=S)n1C1CCCC1. The van der Waals surface area contributed by atoms with Gasteiger partial charge in [0.1, 0.15) is 0 Å². The third-order valence-electron chi connectivity index (χ3n) is 3.63. The summed E-state index contributed by atoms with van der Waals surface area (Å²) in [4.78, 5) is 2.33. The Hall–Kier alpha value is -0.840. The highest BCUT2D eigenvalue weighted by Crippen LogP contribution is 2.32. The highest BCUT2D eigenvalue weighted by Gasteiger charge is 2.23. The topological polar surface area (TPSA) is 36.9 Å². The molecule has 0 atom stereocenters. The van der Waals surface area contributed by atoms with Crippen LogP contribution in [-0.4, -0.2) is 27.9 Å². The molecular formula is C13H24N4S. The third kappa shape index (κ3) is 2.76. The van der Waals surface area contributed by atoms with E-state index in [1.165, 1.54) is 25.7 Å². The number of rotatable bonds is 5. The predicted octanol–water partition coefficient (Wildman–Crippen LogP) is 3.54. The van der Waals surface area contributed by atoms with E-state index in [-0.39, 0.29) is 0 Å². The molecule has 2 rings (SSSR count). The van der Waals surface area contributed by atoms with E-state index >= 15 is 0 Å². The van der Waals surface area contributed by atoms with Crippen LogP contribution in [0.2, 0.25) is 0 Å². The molecule has 1 aliphatic carbocycles. The molecule has 0 bridgehead atoms. The molecule has 0 saturated heterocycles. The summed E-state index contributed by atoms with van der Waals surface area (Å²) in [6, 6.07) is 0.549. The van der Waals surface area contributed by atoms with E-state index in [2.05, 4.69) is 40.4 Å². The van der Waals surface area contributed by atoms with Crippen LogP contribution < -0.4 is 4.90 Å². The molecule has 5 heteroatoms. The second-order valence-corrected chi connectivity index (χ2v) is 5.96. The van der Waals surface area contributed by atoms with Crippen molar-refractivity contribution in [2.75, 3.05) is 18.0 Å². The molecule has 1 aromatic rings. The fourth-order valence-corrected chi connectivity index (χ4v) is 3.08. The van der Waals surface area contributed by atoms with Crippen molar-refractivity contribution in [3.63, 3.8) is 0 Å². The third-order valence-corrected chi connectivity index (χ3v) is 3.91. The van der Waals surface area contributed by atoms with Crippen LogP contribution in [0.4, 0.5) is 5.95 Å². The van der Waals surface area contributed by atoms with E-state index in [4.69, 9.17) is 12.2 Å². The van der Waals surface area contributed by atoms with Gasteiger partial charge in [0.15, 0.2) is 4.77 Å². The summed E-state index contributed by atoms with van der Waals surface area (Å²) in [5.41, 5.74) is 0. The maximum Gasteiger partial charge on any atom is 0.225 e. The summed E-state index contributed by atoms with van der Waals surface area (Å²) < 4.78 is 3.02. The summed E-state index contributed by atoms with van der Waals surface area (Å²) in [5, 5.41) is 7.43. The van der Waals surface area contributed by atoms with Crippen LogP contribution in [-0.2, 0) is 0 Å². The van der Waals surface area contributed by atoms with Crippen molar-refractivity contribution in [2.24, 2.45) is 5.92 Å². The van der Waals surface area contributed by atoms with Gasteiger partial charge in [-0.2, -0.15) is 0 Å². The van der Waals surface area contributed by atoms with Gasteiger partial charge in [0.05, 0.1) is 0 Å². The first kappa shape index (κ1) is 13.6. The molecule has 4 nitrogen and oxygen atoms in total. The van der Waals surface area contributed by atoms with Crippen molar-refractivity contribution in [3.8, 4) is 0 Å². The highest BCUT2D eigenvalue weighted by molar-refractivity contribution is 7.71. The standard InChI is InChI=1S/C13H24N4S/c1-4-16(9-10(2)3)12-14-15-13(18)17(12)11-7-5-6-8-11/h10-11H,4-9H2,1-3H3,(H,15,18). The number of anilines is 1. The Labute approximate surface area is 114 Å². The Balaban J connectivity index is 2.28. The van der Waals surface area contributed by atoms with E-state index in [1.54, 1.807) is 0 Å². The minimum Gasteiger partial charge on any atom is -0.341 e. The number of nitrogens with one attached hydrogen (secondary N) is 1. The molecule has 1 N–H and O–H groups in total. The second-order valence-electron chi connectivity index (χ2n) is 5.57. The van der Waals surface area contributed by atoms with Crippen molar-refractivity contribution in [1.82, 2.24) is 14.8 Å². The van der Waals surface area contributed by atoms with Crippen LogP contribution in [0.3, 0.4) is 0 Å². The zero-order valence-corrected chi connectivity index (χ0v) is 12.5. The fourth-order valence-electron chi connectivity index (χ4n) is 2.80. The summed E-state index contributed by atoms with van der Waals surface area (Å²) in [5.74, 6) is 1.66. The number of hydrogen-bond donors (Lipinski definition) is 1. The molecule has 18 heavy (non-hydrogen) atoms. The van der Waals surface area contributed by atoms with Gasteiger partial charge in [-0.05, 0) is 37.9 Å². The van der Waals surface area contributed by atoms with Crippen molar-refractivity contribution in [2.45, 2.75) is 52.5 Å². The van der Waals surface area contributed by atoms with E-state index in [1.807, 2.05) is 0 Å².